The van der Waals surface area contributed by atoms with Crippen LogP contribution in [0, 0.1) is 6.92 Å². The van der Waals surface area contributed by atoms with Crippen LogP contribution in [0.5, 0.6) is 0 Å². The molecular formula is C22H20N4O3S. The van der Waals surface area contributed by atoms with Crippen molar-refractivity contribution in [3.63, 3.8) is 0 Å². The van der Waals surface area contributed by atoms with E-state index in [0.29, 0.717) is 16.9 Å². The van der Waals surface area contributed by atoms with Crippen LogP contribution in [0.15, 0.2) is 71.6 Å². The topological polar surface area (TPSA) is 118 Å². The number of aromatic nitrogens is 2. The predicted molar refractivity (Wildman–Crippen MR) is 116 cm³/mol. The second kappa shape index (κ2) is 7.74. The van der Waals surface area contributed by atoms with E-state index in [1.165, 1.54) is 12.1 Å². The monoisotopic (exact) mass is 420 g/mol. The number of hydrogen-bond donors (Lipinski definition) is 3. The molecule has 152 valence electrons. The number of primary sulfonamides is 1. The van der Waals surface area contributed by atoms with E-state index in [-0.39, 0.29) is 17.2 Å². The molecule has 7 nitrogen and oxygen atoms in total. The highest BCUT2D eigenvalue weighted by atomic mass is 32.2. The number of amides is 1. The highest BCUT2D eigenvalue weighted by Gasteiger charge is 2.14. The number of aromatic amines is 1. The molecule has 0 fully saturated rings. The van der Waals surface area contributed by atoms with Crippen LogP contribution in [0.1, 0.15) is 11.1 Å². The minimum absolute atomic E-state index is 0.0127. The number of hydrogen-bond acceptors (Lipinski definition) is 4. The summed E-state index contributed by atoms with van der Waals surface area (Å²) < 4.78 is 23.3. The molecule has 8 heteroatoms. The number of nitrogens with zero attached hydrogens (tertiary/aromatic N) is 1. The Balaban J connectivity index is 1.62. The number of nitrogens with two attached hydrogens (primary N) is 1. The molecule has 0 spiro atoms. The molecule has 1 aromatic heterocycles. The van der Waals surface area contributed by atoms with Crippen LogP contribution in [-0.2, 0) is 21.2 Å². The van der Waals surface area contributed by atoms with Gasteiger partial charge in [0, 0.05) is 16.6 Å². The van der Waals surface area contributed by atoms with Crippen molar-refractivity contribution >= 4 is 32.5 Å². The Hall–Kier alpha value is -3.49. The molecule has 0 saturated carbocycles. The first-order valence-electron chi connectivity index (χ1n) is 9.26. The van der Waals surface area contributed by atoms with Crippen molar-refractivity contribution in [2.24, 2.45) is 5.14 Å². The van der Waals surface area contributed by atoms with Gasteiger partial charge in [-0.1, -0.05) is 42.0 Å². The Morgan fingerprint density at radius 1 is 1.07 bits per heavy atom. The van der Waals surface area contributed by atoms with Gasteiger partial charge in [0.05, 0.1) is 16.8 Å². The Labute approximate surface area is 174 Å². The highest BCUT2D eigenvalue weighted by Crippen LogP contribution is 2.29. The summed E-state index contributed by atoms with van der Waals surface area (Å²) in [6.07, 6.45) is 0.271. The van der Waals surface area contributed by atoms with E-state index in [9.17, 15) is 13.2 Å². The van der Waals surface area contributed by atoms with Crippen molar-refractivity contribution in [1.29, 1.82) is 0 Å². The Morgan fingerprint density at radius 2 is 1.83 bits per heavy atom. The van der Waals surface area contributed by atoms with Gasteiger partial charge in [-0.05, 0) is 42.8 Å². The standard InChI is InChI=1S/C22H20N4O3S/c1-14-5-7-15(8-6-14)11-21(27)24-17-9-10-20-19(13-17)22(26-25-20)16-3-2-4-18(12-16)30(23,28)29/h2-10,12-13H,11H2,1H3,(H,24,27)(H,25,26)(H2,23,28,29). The van der Waals surface area contributed by atoms with Crippen molar-refractivity contribution in [2.45, 2.75) is 18.2 Å². The quantitative estimate of drug-likeness (QED) is 0.459. The lowest BCUT2D eigenvalue weighted by molar-refractivity contribution is -0.115. The third-order valence-electron chi connectivity index (χ3n) is 4.77. The van der Waals surface area contributed by atoms with Gasteiger partial charge < -0.3 is 5.32 Å². The number of aryl methyl sites for hydroxylation is 1. The molecule has 0 aliphatic heterocycles. The summed E-state index contributed by atoms with van der Waals surface area (Å²) in [5, 5.41) is 16.1. The summed E-state index contributed by atoms with van der Waals surface area (Å²) in [7, 11) is -3.82. The van der Waals surface area contributed by atoms with Crippen molar-refractivity contribution in [2.75, 3.05) is 5.32 Å². The molecule has 0 radical (unpaired) electrons. The largest absolute Gasteiger partial charge is 0.326 e. The maximum Gasteiger partial charge on any atom is 0.238 e. The first-order chi connectivity index (χ1) is 14.3. The van der Waals surface area contributed by atoms with Crippen molar-refractivity contribution in [3.8, 4) is 11.3 Å². The molecule has 4 N–H and O–H groups in total. The summed E-state index contributed by atoms with van der Waals surface area (Å²) in [5.74, 6) is -0.125. The molecule has 4 rings (SSSR count). The normalized spacial score (nSPS) is 11.5. The fourth-order valence-electron chi connectivity index (χ4n) is 3.23. The molecule has 3 aromatic carbocycles. The van der Waals surface area contributed by atoms with Crippen molar-refractivity contribution in [1.82, 2.24) is 10.2 Å². The van der Waals surface area contributed by atoms with Gasteiger partial charge in [-0.2, -0.15) is 5.10 Å². The molecule has 1 amide bonds. The van der Waals surface area contributed by atoms with Gasteiger partial charge in [0.1, 0.15) is 5.69 Å². The molecule has 0 atom stereocenters. The molecule has 0 saturated heterocycles. The summed E-state index contributed by atoms with van der Waals surface area (Å²) in [5.41, 5.74) is 4.65. The lowest BCUT2D eigenvalue weighted by Gasteiger charge is -2.07. The molecule has 30 heavy (non-hydrogen) atoms. The Kier molecular flexibility index (Phi) is 5.11. The van der Waals surface area contributed by atoms with Gasteiger partial charge in [0.25, 0.3) is 0 Å². The van der Waals surface area contributed by atoms with Crippen LogP contribution in [0.3, 0.4) is 0 Å². The zero-order chi connectivity index (χ0) is 21.3. The van der Waals surface area contributed by atoms with Crippen molar-refractivity contribution < 1.29 is 13.2 Å². The van der Waals surface area contributed by atoms with Gasteiger partial charge >= 0.3 is 0 Å². The van der Waals surface area contributed by atoms with E-state index >= 15 is 0 Å². The minimum atomic E-state index is -3.82. The number of carbonyl (C=O) groups excluding carboxylic acids is 1. The number of fused-ring (bicyclic) bond motifs is 1. The zero-order valence-electron chi connectivity index (χ0n) is 16.2. The Bertz CT molecular complexity index is 1340. The lowest BCUT2D eigenvalue weighted by atomic mass is 10.1. The lowest BCUT2D eigenvalue weighted by Crippen LogP contribution is -2.14. The molecule has 0 aliphatic carbocycles. The summed E-state index contributed by atoms with van der Waals surface area (Å²) in [6.45, 7) is 2.00. The van der Waals surface area contributed by atoms with Crippen LogP contribution in [-0.4, -0.2) is 24.5 Å². The highest BCUT2D eigenvalue weighted by molar-refractivity contribution is 7.89. The van der Waals surface area contributed by atoms with E-state index in [1.807, 2.05) is 43.3 Å². The maximum absolute atomic E-state index is 12.4. The van der Waals surface area contributed by atoms with Crippen LogP contribution in [0.4, 0.5) is 5.69 Å². The molecule has 4 aromatic rings. The first kappa shape index (κ1) is 19.8. The molecule has 0 unspecified atom stereocenters. The zero-order valence-corrected chi connectivity index (χ0v) is 17.0. The molecule has 0 bridgehead atoms. The van der Waals surface area contributed by atoms with Gasteiger partial charge in [0.15, 0.2) is 0 Å². The van der Waals surface area contributed by atoms with E-state index in [1.54, 1.807) is 18.2 Å². The number of anilines is 1. The molecule has 0 aliphatic rings. The SMILES string of the molecule is Cc1ccc(CC(=O)Nc2ccc3[nH]nc(-c4cccc(S(N)(=O)=O)c4)c3c2)cc1. The van der Waals surface area contributed by atoms with E-state index in [4.69, 9.17) is 5.14 Å². The van der Waals surface area contributed by atoms with Crippen LogP contribution < -0.4 is 10.5 Å². The van der Waals surface area contributed by atoms with Crippen LogP contribution >= 0.6 is 0 Å². The van der Waals surface area contributed by atoms with Gasteiger partial charge in [0.2, 0.25) is 15.9 Å². The third kappa shape index (κ3) is 4.24. The number of benzene rings is 3. The second-order valence-electron chi connectivity index (χ2n) is 7.12. The summed E-state index contributed by atoms with van der Waals surface area (Å²) in [6, 6.07) is 19.5. The van der Waals surface area contributed by atoms with Gasteiger partial charge in [-0.25, -0.2) is 13.6 Å². The third-order valence-corrected chi connectivity index (χ3v) is 5.68. The fraction of sp³-hybridized carbons (Fsp3) is 0.0909. The number of carbonyl (C=O) groups is 1. The van der Waals surface area contributed by atoms with Gasteiger partial charge in [-0.15, -0.1) is 0 Å². The summed E-state index contributed by atoms with van der Waals surface area (Å²) >= 11 is 0. The van der Waals surface area contributed by atoms with Crippen molar-refractivity contribution in [3.05, 3.63) is 77.9 Å². The first-order valence-corrected chi connectivity index (χ1v) is 10.8. The predicted octanol–water partition coefficient (Wildman–Crippen LogP) is 3.37. The second-order valence-corrected chi connectivity index (χ2v) is 8.68. The molecular weight excluding hydrogens is 400 g/mol. The smallest absolute Gasteiger partial charge is 0.238 e. The summed E-state index contributed by atoms with van der Waals surface area (Å²) in [4.78, 5) is 12.4. The average Bonchev–Trinajstić information content (AvgIpc) is 3.12. The minimum Gasteiger partial charge on any atom is -0.326 e. The fourth-order valence-corrected chi connectivity index (χ4v) is 3.79. The van der Waals surface area contributed by atoms with Gasteiger partial charge in [-0.3, -0.25) is 9.89 Å². The number of sulfonamides is 1. The number of nitrogens with one attached hydrogen (secondary N) is 2. The maximum atomic E-state index is 12.4. The average molecular weight is 420 g/mol. The molecule has 1 heterocycles. The number of H-pyrrole nitrogens is 1. The van der Waals surface area contributed by atoms with Crippen LogP contribution in [0.25, 0.3) is 22.2 Å². The van der Waals surface area contributed by atoms with E-state index in [0.717, 1.165) is 22.0 Å². The Morgan fingerprint density at radius 3 is 2.57 bits per heavy atom. The van der Waals surface area contributed by atoms with E-state index in [2.05, 4.69) is 15.5 Å². The number of rotatable bonds is 5. The van der Waals surface area contributed by atoms with E-state index < -0.39 is 10.0 Å². The van der Waals surface area contributed by atoms with Crippen LogP contribution in [0.2, 0.25) is 0 Å².